The Hall–Kier alpha value is -2.01. The Morgan fingerprint density at radius 1 is 0.826 bits per heavy atom. The molecular formula is C18H19F3O2. The number of benzene rings is 2. The Kier molecular flexibility index (Phi) is 6.04. The first kappa shape index (κ1) is 17.3. The first-order chi connectivity index (χ1) is 11.0. The summed E-state index contributed by atoms with van der Waals surface area (Å²) in [6.07, 6.45) is -1.70. The molecule has 0 saturated carbocycles. The summed E-state index contributed by atoms with van der Waals surface area (Å²) in [5, 5.41) is 8.75. The maximum absolute atomic E-state index is 12.5. The monoisotopic (exact) mass is 324 g/mol. The summed E-state index contributed by atoms with van der Waals surface area (Å²) in [4.78, 5) is 0. The number of aliphatic hydroxyl groups is 1. The fourth-order valence-corrected chi connectivity index (χ4v) is 2.15. The zero-order valence-electron chi connectivity index (χ0n) is 12.6. The molecular weight excluding hydrogens is 305 g/mol. The number of aryl methyl sites for hydroxylation is 1. The molecule has 23 heavy (non-hydrogen) atoms. The molecule has 0 saturated heterocycles. The average molecular weight is 324 g/mol. The van der Waals surface area contributed by atoms with Gasteiger partial charge >= 0.3 is 6.18 Å². The van der Waals surface area contributed by atoms with Crippen LogP contribution in [0.15, 0.2) is 48.5 Å². The van der Waals surface area contributed by atoms with Gasteiger partial charge in [0.2, 0.25) is 0 Å². The van der Waals surface area contributed by atoms with Gasteiger partial charge in [0.05, 0.1) is 5.56 Å². The van der Waals surface area contributed by atoms with Crippen molar-refractivity contribution in [1.82, 2.24) is 0 Å². The summed E-state index contributed by atoms with van der Waals surface area (Å²) in [5.41, 5.74) is 1.19. The van der Waals surface area contributed by atoms with Gasteiger partial charge in [-0.25, -0.2) is 0 Å². The summed E-state index contributed by atoms with van der Waals surface area (Å²) in [7, 11) is 0. The molecule has 124 valence electrons. The minimum absolute atomic E-state index is 0.203. The Morgan fingerprint density at radius 2 is 1.43 bits per heavy atom. The normalized spacial score (nSPS) is 11.5. The lowest BCUT2D eigenvalue weighted by Gasteiger charge is -2.09. The number of halogens is 3. The smallest absolute Gasteiger partial charge is 0.416 e. The van der Waals surface area contributed by atoms with Crippen molar-refractivity contribution < 1.29 is 23.0 Å². The molecule has 0 bridgehead atoms. The number of hydrogen-bond donors (Lipinski definition) is 1. The highest BCUT2D eigenvalue weighted by atomic mass is 19.4. The first-order valence-corrected chi connectivity index (χ1v) is 7.48. The highest BCUT2D eigenvalue weighted by Gasteiger charge is 2.29. The van der Waals surface area contributed by atoms with E-state index < -0.39 is 11.7 Å². The predicted octanol–water partition coefficient (Wildman–Crippen LogP) is 4.60. The average Bonchev–Trinajstić information content (AvgIpc) is 2.54. The summed E-state index contributed by atoms with van der Waals surface area (Å²) >= 11 is 0. The summed E-state index contributed by atoms with van der Waals surface area (Å²) < 4.78 is 43.0. The molecule has 0 atom stereocenters. The molecule has 0 aliphatic heterocycles. The van der Waals surface area contributed by atoms with Crippen LogP contribution in [-0.2, 0) is 19.2 Å². The van der Waals surface area contributed by atoms with Crippen LogP contribution in [0.5, 0.6) is 5.75 Å². The number of aliphatic hydroxyl groups excluding tert-OH is 1. The zero-order chi connectivity index (χ0) is 16.7. The Balaban J connectivity index is 1.86. The van der Waals surface area contributed by atoms with Gasteiger partial charge in [0, 0.05) is 6.61 Å². The molecule has 0 amide bonds. The SMILES string of the molecule is OCCCCc1ccc(OCc2ccc(C(F)(F)F)cc2)cc1. The highest BCUT2D eigenvalue weighted by molar-refractivity contribution is 5.28. The van der Waals surface area contributed by atoms with Gasteiger partial charge < -0.3 is 9.84 Å². The fraction of sp³-hybridized carbons (Fsp3) is 0.333. The third-order valence-corrected chi connectivity index (χ3v) is 3.48. The Morgan fingerprint density at radius 3 is 2.00 bits per heavy atom. The maximum Gasteiger partial charge on any atom is 0.416 e. The van der Waals surface area contributed by atoms with Gasteiger partial charge in [0.15, 0.2) is 0 Å². The zero-order valence-corrected chi connectivity index (χ0v) is 12.6. The van der Waals surface area contributed by atoms with Crippen LogP contribution in [0.1, 0.15) is 29.5 Å². The standard InChI is InChI=1S/C18H19F3O2/c19-18(20,21)16-8-4-15(5-9-16)13-23-17-10-6-14(7-11-17)3-1-2-12-22/h4-11,22H,1-3,12-13H2. The van der Waals surface area contributed by atoms with Crippen LogP contribution in [0.25, 0.3) is 0 Å². The quantitative estimate of drug-likeness (QED) is 0.754. The Bertz CT molecular complexity index is 589. The minimum atomic E-state index is -4.31. The van der Waals surface area contributed by atoms with Gasteiger partial charge in [-0.05, 0) is 54.7 Å². The van der Waals surface area contributed by atoms with E-state index in [-0.39, 0.29) is 13.2 Å². The molecule has 1 N–H and O–H groups in total. The highest BCUT2D eigenvalue weighted by Crippen LogP contribution is 2.29. The molecule has 2 rings (SSSR count). The van der Waals surface area contributed by atoms with Crippen LogP contribution in [0, 0.1) is 0 Å². The second-order valence-electron chi connectivity index (χ2n) is 5.31. The van der Waals surface area contributed by atoms with Crippen molar-refractivity contribution in [2.45, 2.75) is 32.0 Å². The number of ether oxygens (including phenoxy) is 1. The predicted molar refractivity (Wildman–Crippen MR) is 82.2 cm³/mol. The third kappa shape index (κ3) is 5.60. The molecule has 2 aromatic carbocycles. The summed E-state index contributed by atoms with van der Waals surface area (Å²) in [5.74, 6) is 0.677. The number of hydrogen-bond acceptors (Lipinski definition) is 2. The number of unbranched alkanes of at least 4 members (excludes halogenated alkanes) is 1. The van der Waals surface area contributed by atoms with Gasteiger partial charge in [-0.3, -0.25) is 0 Å². The molecule has 0 heterocycles. The van der Waals surface area contributed by atoms with Gasteiger partial charge in [-0.2, -0.15) is 13.2 Å². The van der Waals surface area contributed by atoms with Crippen molar-refractivity contribution in [3.05, 3.63) is 65.2 Å². The van der Waals surface area contributed by atoms with Gasteiger partial charge in [0.1, 0.15) is 12.4 Å². The van der Waals surface area contributed by atoms with Crippen molar-refractivity contribution >= 4 is 0 Å². The van der Waals surface area contributed by atoms with Gasteiger partial charge in [-0.15, -0.1) is 0 Å². The summed E-state index contributed by atoms with van der Waals surface area (Å²) in [6.45, 7) is 0.427. The molecule has 2 aromatic rings. The van der Waals surface area contributed by atoms with Crippen molar-refractivity contribution in [1.29, 1.82) is 0 Å². The third-order valence-electron chi connectivity index (χ3n) is 3.48. The topological polar surface area (TPSA) is 29.5 Å². The van der Waals surface area contributed by atoms with E-state index >= 15 is 0 Å². The number of rotatable bonds is 7. The first-order valence-electron chi connectivity index (χ1n) is 7.48. The van der Waals surface area contributed by atoms with Gasteiger partial charge in [0.25, 0.3) is 0 Å². The second-order valence-corrected chi connectivity index (χ2v) is 5.31. The van der Waals surface area contributed by atoms with Crippen molar-refractivity contribution in [2.24, 2.45) is 0 Å². The lowest BCUT2D eigenvalue weighted by Crippen LogP contribution is -2.05. The fourth-order valence-electron chi connectivity index (χ4n) is 2.15. The molecule has 0 radical (unpaired) electrons. The minimum Gasteiger partial charge on any atom is -0.489 e. The molecule has 0 aromatic heterocycles. The molecule has 0 aliphatic carbocycles. The second kappa shape index (κ2) is 8.02. The molecule has 0 spiro atoms. The van der Waals surface area contributed by atoms with E-state index in [1.165, 1.54) is 17.7 Å². The maximum atomic E-state index is 12.5. The van der Waals surface area contributed by atoms with Crippen molar-refractivity contribution in [3.63, 3.8) is 0 Å². The van der Waals surface area contributed by atoms with Crippen LogP contribution in [0.2, 0.25) is 0 Å². The van der Waals surface area contributed by atoms with Crippen LogP contribution >= 0.6 is 0 Å². The van der Waals surface area contributed by atoms with E-state index in [9.17, 15) is 13.2 Å². The van der Waals surface area contributed by atoms with E-state index in [1.807, 2.05) is 24.3 Å². The van der Waals surface area contributed by atoms with E-state index in [1.54, 1.807) is 0 Å². The largest absolute Gasteiger partial charge is 0.489 e. The molecule has 5 heteroatoms. The molecule has 0 fully saturated rings. The van der Waals surface area contributed by atoms with E-state index in [0.717, 1.165) is 31.4 Å². The molecule has 0 unspecified atom stereocenters. The molecule has 0 aliphatic rings. The van der Waals surface area contributed by atoms with E-state index in [4.69, 9.17) is 9.84 Å². The molecule has 2 nitrogen and oxygen atoms in total. The lowest BCUT2D eigenvalue weighted by atomic mass is 10.1. The summed E-state index contributed by atoms with van der Waals surface area (Å²) in [6, 6.07) is 12.6. The van der Waals surface area contributed by atoms with E-state index in [2.05, 4.69) is 0 Å². The lowest BCUT2D eigenvalue weighted by molar-refractivity contribution is -0.137. The van der Waals surface area contributed by atoms with Crippen molar-refractivity contribution in [2.75, 3.05) is 6.61 Å². The van der Waals surface area contributed by atoms with Crippen LogP contribution in [-0.4, -0.2) is 11.7 Å². The van der Waals surface area contributed by atoms with Gasteiger partial charge in [-0.1, -0.05) is 24.3 Å². The van der Waals surface area contributed by atoms with Crippen LogP contribution < -0.4 is 4.74 Å². The van der Waals surface area contributed by atoms with Crippen LogP contribution in [0.3, 0.4) is 0 Å². The van der Waals surface area contributed by atoms with Crippen molar-refractivity contribution in [3.8, 4) is 5.75 Å². The Labute approximate surface area is 133 Å². The number of alkyl halides is 3. The van der Waals surface area contributed by atoms with Crippen LogP contribution in [0.4, 0.5) is 13.2 Å². The van der Waals surface area contributed by atoms with E-state index in [0.29, 0.717) is 11.3 Å².